The highest BCUT2D eigenvalue weighted by Gasteiger charge is 2.50. The number of hydrogen-bond donors (Lipinski definition) is 0. The van der Waals surface area contributed by atoms with E-state index in [0.717, 1.165) is 11.1 Å². The SMILES string of the molecule is CC1(C)OC(c2ccc(C3OC(C)(C)C(C)(C)O3)cc2)OC1(C)C. The van der Waals surface area contributed by atoms with Gasteiger partial charge >= 0.3 is 0 Å². The lowest BCUT2D eigenvalue weighted by Gasteiger charge is -2.30. The van der Waals surface area contributed by atoms with Crippen molar-refractivity contribution in [2.75, 3.05) is 0 Å². The lowest BCUT2D eigenvalue weighted by molar-refractivity contribution is -0.0922. The summed E-state index contributed by atoms with van der Waals surface area (Å²) in [5.74, 6) is 0. The van der Waals surface area contributed by atoms with Gasteiger partial charge in [-0.1, -0.05) is 24.3 Å². The highest BCUT2D eigenvalue weighted by Crippen LogP contribution is 2.46. The molecule has 0 aliphatic carbocycles. The third-order valence-corrected chi connectivity index (χ3v) is 5.99. The number of benzene rings is 1. The van der Waals surface area contributed by atoms with Crippen molar-refractivity contribution >= 4 is 0 Å². The molecule has 0 N–H and O–H groups in total. The zero-order valence-corrected chi connectivity index (χ0v) is 16.1. The smallest absolute Gasteiger partial charge is 0.185 e. The molecule has 0 amide bonds. The maximum absolute atomic E-state index is 6.10. The predicted molar refractivity (Wildman–Crippen MR) is 92.6 cm³/mol. The number of hydrogen-bond acceptors (Lipinski definition) is 4. The van der Waals surface area contributed by atoms with Gasteiger partial charge in [-0.2, -0.15) is 0 Å². The Morgan fingerprint density at radius 1 is 0.500 bits per heavy atom. The second-order valence-corrected chi connectivity index (χ2v) is 8.84. The summed E-state index contributed by atoms with van der Waals surface area (Å²) in [5.41, 5.74) is 0.691. The summed E-state index contributed by atoms with van der Waals surface area (Å²) < 4.78 is 24.4. The van der Waals surface area contributed by atoms with E-state index >= 15 is 0 Å². The second-order valence-electron chi connectivity index (χ2n) is 8.84. The molecule has 1 aromatic carbocycles. The van der Waals surface area contributed by atoms with Crippen molar-refractivity contribution in [2.24, 2.45) is 0 Å². The lowest BCUT2D eigenvalue weighted by Crippen LogP contribution is -2.41. The van der Waals surface area contributed by atoms with Gasteiger partial charge in [0.1, 0.15) is 0 Å². The van der Waals surface area contributed by atoms with Gasteiger partial charge in [-0.15, -0.1) is 0 Å². The Labute approximate surface area is 145 Å². The Morgan fingerprint density at radius 3 is 0.917 bits per heavy atom. The largest absolute Gasteiger partial charge is 0.339 e. The van der Waals surface area contributed by atoms with Crippen molar-refractivity contribution in [2.45, 2.75) is 90.4 Å². The predicted octanol–water partition coefficient (Wildman–Crippen LogP) is 4.89. The molecular formula is C20H30O4. The van der Waals surface area contributed by atoms with Crippen molar-refractivity contribution in [3.8, 4) is 0 Å². The first-order chi connectivity index (χ1) is 10.8. The maximum Gasteiger partial charge on any atom is 0.185 e. The van der Waals surface area contributed by atoms with Crippen LogP contribution in [0.25, 0.3) is 0 Å². The van der Waals surface area contributed by atoms with Crippen molar-refractivity contribution in [1.82, 2.24) is 0 Å². The van der Waals surface area contributed by atoms with Gasteiger partial charge in [0, 0.05) is 11.1 Å². The van der Waals surface area contributed by atoms with Gasteiger partial charge in [0.05, 0.1) is 22.4 Å². The van der Waals surface area contributed by atoms with E-state index in [9.17, 15) is 0 Å². The Hall–Kier alpha value is -0.940. The molecular weight excluding hydrogens is 304 g/mol. The molecule has 0 unspecified atom stereocenters. The first-order valence-electron chi connectivity index (χ1n) is 8.66. The van der Waals surface area contributed by atoms with Gasteiger partial charge in [0.25, 0.3) is 0 Å². The molecule has 1 aromatic rings. The monoisotopic (exact) mass is 334 g/mol. The summed E-state index contributed by atoms with van der Waals surface area (Å²) >= 11 is 0. The fourth-order valence-electron chi connectivity index (χ4n) is 2.77. The van der Waals surface area contributed by atoms with Gasteiger partial charge in [0.15, 0.2) is 12.6 Å². The minimum atomic E-state index is -0.345. The third-order valence-electron chi connectivity index (χ3n) is 5.99. The summed E-state index contributed by atoms with van der Waals surface area (Å²) in [4.78, 5) is 0. The standard InChI is InChI=1S/C20H30O4/c1-17(2)18(3,4)22-15(21-17)13-9-11-14(12-10-13)16-23-19(5,6)20(7,8)24-16/h9-12,15-16H,1-8H3. The molecule has 0 bridgehead atoms. The maximum atomic E-state index is 6.10. The van der Waals surface area contributed by atoms with E-state index in [2.05, 4.69) is 55.4 Å². The Morgan fingerprint density at radius 2 is 0.708 bits per heavy atom. The van der Waals surface area contributed by atoms with Crippen LogP contribution in [0.1, 0.15) is 79.1 Å². The Bertz CT molecular complexity index is 526. The molecule has 0 aromatic heterocycles. The zero-order chi connectivity index (χ0) is 18.0. The van der Waals surface area contributed by atoms with E-state index in [1.807, 2.05) is 24.3 Å². The van der Waals surface area contributed by atoms with Crippen LogP contribution in [0.4, 0.5) is 0 Å². The fourth-order valence-corrected chi connectivity index (χ4v) is 2.77. The number of rotatable bonds is 2. The highest BCUT2D eigenvalue weighted by molar-refractivity contribution is 5.26. The van der Waals surface area contributed by atoms with Crippen LogP contribution in [0.2, 0.25) is 0 Å². The molecule has 2 heterocycles. The molecule has 0 radical (unpaired) electrons. The molecule has 2 fully saturated rings. The second kappa shape index (κ2) is 5.28. The van der Waals surface area contributed by atoms with Crippen LogP contribution >= 0.6 is 0 Å². The first-order valence-corrected chi connectivity index (χ1v) is 8.66. The molecule has 4 heteroatoms. The van der Waals surface area contributed by atoms with Crippen LogP contribution in [0.5, 0.6) is 0 Å². The summed E-state index contributed by atoms with van der Waals surface area (Å²) in [6.07, 6.45) is -0.690. The quantitative estimate of drug-likeness (QED) is 0.771. The molecule has 24 heavy (non-hydrogen) atoms. The van der Waals surface area contributed by atoms with E-state index < -0.39 is 0 Å². The molecule has 4 nitrogen and oxygen atoms in total. The molecule has 134 valence electrons. The van der Waals surface area contributed by atoms with E-state index in [1.54, 1.807) is 0 Å². The van der Waals surface area contributed by atoms with Gasteiger partial charge in [-0.05, 0) is 55.4 Å². The van der Waals surface area contributed by atoms with Crippen LogP contribution in [-0.4, -0.2) is 22.4 Å². The third kappa shape index (κ3) is 2.80. The van der Waals surface area contributed by atoms with Gasteiger partial charge in [0.2, 0.25) is 0 Å². The van der Waals surface area contributed by atoms with Crippen LogP contribution in [0, 0.1) is 0 Å². The molecule has 0 saturated carbocycles. The average molecular weight is 334 g/mol. The van der Waals surface area contributed by atoms with Crippen LogP contribution in [0.15, 0.2) is 24.3 Å². The lowest BCUT2D eigenvalue weighted by atomic mass is 9.90. The van der Waals surface area contributed by atoms with Crippen LogP contribution in [0.3, 0.4) is 0 Å². The van der Waals surface area contributed by atoms with E-state index in [-0.39, 0.29) is 35.0 Å². The molecule has 0 spiro atoms. The fraction of sp³-hybridized carbons (Fsp3) is 0.700. The van der Waals surface area contributed by atoms with Crippen molar-refractivity contribution in [3.05, 3.63) is 35.4 Å². The molecule has 2 aliphatic rings. The Kier molecular flexibility index (Phi) is 3.93. The van der Waals surface area contributed by atoms with Crippen LogP contribution < -0.4 is 0 Å². The van der Waals surface area contributed by atoms with Crippen LogP contribution in [-0.2, 0) is 18.9 Å². The van der Waals surface area contributed by atoms with Gasteiger partial charge in [-0.3, -0.25) is 0 Å². The Balaban J connectivity index is 1.76. The number of ether oxygens (including phenoxy) is 4. The minimum Gasteiger partial charge on any atom is -0.339 e. The van der Waals surface area contributed by atoms with Crippen molar-refractivity contribution in [1.29, 1.82) is 0 Å². The molecule has 2 saturated heterocycles. The van der Waals surface area contributed by atoms with Gasteiger partial charge in [-0.25, -0.2) is 0 Å². The molecule has 0 atom stereocenters. The summed E-state index contributed by atoms with van der Waals surface area (Å²) in [7, 11) is 0. The summed E-state index contributed by atoms with van der Waals surface area (Å²) in [6.45, 7) is 16.5. The van der Waals surface area contributed by atoms with E-state index in [0.29, 0.717) is 0 Å². The van der Waals surface area contributed by atoms with Gasteiger partial charge < -0.3 is 18.9 Å². The van der Waals surface area contributed by atoms with E-state index in [4.69, 9.17) is 18.9 Å². The van der Waals surface area contributed by atoms with Crippen molar-refractivity contribution < 1.29 is 18.9 Å². The molecule has 2 aliphatic heterocycles. The summed E-state index contributed by atoms with van der Waals surface area (Å²) in [5, 5.41) is 0. The average Bonchev–Trinajstić information content (AvgIpc) is 2.79. The minimum absolute atomic E-state index is 0.331. The highest BCUT2D eigenvalue weighted by atomic mass is 16.8. The first kappa shape index (κ1) is 17.9. The topological polar surface area (TPSA) is 36.9 Å². The normalized spacial score (nSPS) is 28.3. The van der Waals surface area contributed by atoms with Crippen molar-refractivity contribution in [3.63, 3.8) is 0 Å². The van der Waals surface area contributed by atoms with E-state index in [1.165, 1.54) is 0 Å². The zero-order valence-electron chi connectivity index (χ0n) is 16.1. The summed E-state index contributed by atoms with van der Waals surface area (Å²) in [6, 6.07) is 8.12. The molecule has 3 rings (SSSR count).